The highest BCUT2D eigenvalue weighted by atomic mass is 16.6. The van der Waals surface area contributed by atoms with Crippen molar-refractivity contribution in [2.24, 2.45) is 0 Å². The van der Waals surface area contributed by atoms with Crippen molar-refractivity contribution in [3.63, 3.8) is 0 Å². The van der Waals surface area contributed by atoms with Crippen LogP contribution in [0.1, 0.15) is 27.6 Å². The van der Waals surface area contributed by atoms with Crippen LogP contribution < -0.4 is 4.74 Å². The van der Waals surface area contributed by atoms with Crippen molar-refractivity contribution in [3.8, 4) is 5.75 Å². The minimum Gasteiger partial charge on any atom is -0.480 e. The standard InChI is InChI=1S/C22H15NO4/c24-21-17-11-5-7-13-20(17)27-22(15-8-2-1-3-9-15)18(21)14-16-10-4-6-12-19(16)23(25)26/h1-14,22H/b18-14+. The molecular formula is C22H15NO4. The molecule has 1 atom stereocenters. The van der Waals surface area contributed by atoms with Crippen LogP contribution in [0.2, 0.25) is 0 Å². The van der Waals surface area contributed by atoms with Gasteiger partial charge in [0.05, 0.1) is 16.1 Å². The largest absolute Gasteiger partial charge is 0.480 e. The molecule has 0 amide bonds. The number of para-hydroxylation sites is 2. The van der Waals surface area contributed by atoms with Crippen molar-refractivity contribution in [2.45, 2.75) is 6.10 Å². The van der Waals surface area contributed by atoms with Gasteiger partial charge < -0.3 is 4.74 Å². The number of ketones is 1. The summed E-state index contributed by atoms with van der Waals surface area (Å²) in [5, 5.41) is 11.4. The van der Waals surface area contributed by atoms with Gasteiger partial charge >= 0.3 is 0 Å². The van der Waals surface area contributed by atoms with Crippen molar-refractivity contribution in [1.82, 2.24) is 0 Å². The molecule has 1 aliphatic heterocycles. The monoisotopic (exact) mass is 357 g/mol. The smallest absolute Gasteiger partial charge is 0.276 e. The lowest BCUT2D eigenvalue weighted by molar-refractivity contribution is -0.385. The summed E-state index contributed by atoms with van der Waals surface area (Å²) in [4.78, 5) is 24.1. The Morgan fingerprint density at radius 3 is 2.33 bits per heavy atom. The predicted octanol–water partition coefficient (Wildman–Crippen LogP) is 4.99. The second-order valence-electron chi connectivity index (χ2n) is 6.15. The van der Waals surface area contributed by atoms with Crippen molar-refractivity contribution in [3.05, 3.63) is 111 Å². The molecule has 0 saturated carbocycles. The number of hydrogen-bond acceptors (Lipinski definition) is 4. The summed E-state index contributed by atoms with van der Waals surface area (Å²) < 4.78 is 6.11. The Kier molecular flexibility index (Phi) is 4.26. The van der Waals surface area contributed by atoms with Crippen LogP contribution in [0.4, 0.5) is 5.69 Å². The molecule has 5 nitrogen and oxygen atoms in total. The van der Waals surface area contributed by atoms with Crippen LogP contribution in [0.3, 0.4) is 0 Å². The van der Waals surface area contributed by atoms with Gasteiger partial charge in [0.2, 0.25) is 0 Å². The molecule has 3 aromatic rings. The quantitative estimate of drug-likeness (QED) is 0.376. The van der Waals surface area contributed by atoms with Gasteiger partial charge in [0.15, 0.2) is 11.9 Å². The zero-order valence-electron chi connectivity index (χ0n) is 14.2. The predicted molar refractivity (Wildman–Crippen MR) is 102 cm³/mol. The lowest BCUT2D eigenvalue weighted by atomic mass is 9.89. The summed E-state index contributed by atoms with van der Waals surface area (Å²) in [5.74, 6) is 0.319. The maximum absolute atomic E-state index is 13.2. The number of hydrogen-bond donors (Lipinski definition) is 0. The number of carbonyl (C=O) groups is 1. The Bertz CT molecular complexity index is 1060. The molecule has 0 N–H and O–H groups in total. The summed E-state index contributed by atoms with van der Waals surface area (Å²) in [6.45, 7) is 0. The molecule has 5 heteroatoms. The van der Waals surface area contributed by atoms with Gasteiger partial charge in [0.25, 0.3) is 5.69 Å². The average molecular weight is 357 g/mol. The Hall–Kier alpha value is -3.73. The summed E-state index contributed by atoms with van der Waals surface area (Å²) in [6, 6.07) is 22.8. The van der Waals surface area contributed by atoms with Crippen LogP contribution in [0, 0.1) is 10.1 Å². The lowest BCUT2D eigenvalue weighted by Crippen LogP contribution is -2.23. The maximum Gasteiger partial charge on any atom is 0.276 e. The van der Waals surface area contributed by atoms with E-state index in [4.69, 9.17) is 4.74 Å². The molecule has 0 saturated heterocycles. The van der Waals surface area contributed by atoms with E-state index >= 15 is 0 Å². The van der Waals surface area contributed by atoms with Crippen LogP contribution in [0.5, 0.6) is 5.75 Å². The third kappa shape index (κ3) is 3.11. The summed E-state index contributed by atoms with van der Waals surface area (Å²) in [6.07, 6.45) is 0.932. The molecule has 0 spiro atoms. The summed E-state index contributed by atoms with van der Waals surface area (Å²) in [7, 11) is 0. The van der Waals surface area contributed by atoms with Crippen molar-refractivity contribution in [1.29, 1.82) is 0 Å². The second kappa shape index (κ2) is 6.88. The van der Waals surface area contributed by atoms with Crippen LogP contribution in [0.25, 0.3) is 6.08 Å². The Morgan fingerprint density at radius 2 is 1.56 bits per heavy atom. The minimum atomic E-state index is -0.631. The molecule has 1 unspecified atom stereocenters. The lowest BCUT2D eigenvalue weighted by Gasteiger charge is -2.28. The highest BCUT2D eigenvalue weighted by Gasteiger charge is 2.33. The van der Waals surface area contributed by atoms with Gasteiger partial charge in [-0.15, -0.1) is 0 Å². The number of nitro benzene ring substituents is 1. The van der Waals surface area contributed by atoms with Crippen LogP contribution in [-0.4, -0.2) is 10.7 Å². The fraction of sp³-hybridized carbons (Fsp3) is 0.0455. The second-order valence-corrected chi connectivity index (χ2v) is 6.15. The third-order valence-corrected chi connectivity index (χ3v) is 4.47. The van der Waals surface area contributed by atoms with Gasteiger partial charge in [-0.1, -0.05) is 54.6 Å². The van der Waals surface area contributed by atoms with E-state index in [9.17, 15) is 14.9 Å². The molecular weight excluding hydrogens is 342 g/mol. The van der Waals surface area contributed by atoms with Gasteiger partial charge in [-0.25, -0.2) is 0 Å². The van der Waals surface area contributed by atoms with E-state index < -0.39 is 11.0 Å². The molecule has 0 bridgehead atoms. The van der Waals surface area contributed by atoms with E-state index in [1.807, 2.05) is 36.4 Å². The zero-order chi connectivity index (χ0) is 18.8. The Morgan fingerprint density at radius 1 is 0.889 bits per heavy atom. The number of nitrogens with zero attached hydrogens (tertiary/aromatic N) is 1. The molecule has 3 aromatic carbocycles. The van der Waals surface area contributed by atoms with E-state index in [1.165, 1.54) is 6.07 Å². The fourth-order valence-corrected chi connectivity index (χ4v) is 3.18. The maximum atomic E-state index is 13.2. The average Bonchev–Trinajstić information content (AvgIpc) is 2.71. The number of benzene rings is 3. The molecule has 0 aliphatic carbocycles. The van der Waals surface area contributed by atoms with E-state index in [2.05, 4.69) is 0 Å². The van der Waals surface area contributed by atoms with Crippen LogP contribution in [0.15, 0.2) is 84.4 Å². The number of rotatable bonds is 3. The highest BCUT2D eigenvalue weighted by molar-refractivity contribution is 6.14. The van der Waals surface area contributed by atoms with Crippen LogP contribution >= 0.6 is 0 Å². The van der Waals surface area contributed by atoms with Crippen LogP contribution in [-0.2, 0) is 0 Å². The molecule has 27 heavy (non-hydrogen) atoms. The number of carbonyl (C=O) groups excluding carboxylic acids is 1. The number of nitro groups is 1. The zero-order valence-corrected chi connectivity index (χ0v) is 14.2. The van der Waals surface area contributed by atoms with E-state index in [0.29, 0.717) is 22.4 Å². The Labute approximate surface area is 155 Å². The minimum absolute atomic E-state index is 0.0523. The SMILES string of the molecule is O=C1/C(=C\c2ccccc2[N+](=O)[O-])C(c2ccccc2)Oc2ccccc21. The van der Waals surface area contributed by atoms with Crippen molar-refractivity contribution in [2.75, 3.05) is 0 Å². The number of Topliss-reactive ketones (excluding diaryl/α,β-unsaturated/α-hetero) is 1. The Balaban J connectivity index is 1.90. The van der Waals surface area contributed by atoms with E-state index in [0.717, 1.165) is 5.56 Å². The topological polar surface area (TPSA) is 69.4 Å². The van der Waals surface area contributed by atoms with Gasteiger partial charge in [0, 0.05) is 11.6 Å². The first-order valence-electron chi connectivity index (χ1n) is 8.45. The fourth-order valence-electron chi connectivity index (χ4n) is 3.18. The van der Waals surface area contributed by atoms with Gasteiger partial charge in [-0.05, 0) is 29.8 Å². The van der Waals surface area contributed by atoms with E-state index in [1.54, 1.807) is 42.5 Å². The van der Waals surface area contributed by atoms with Gasteiger partial charge in [0.1, 0.15) is 5.75 Å². The molecule has 132 valence electrons. The first-order valence-corrected chi connectivity index (χ1v) is 8.45. The highest BCUT2D eigenvalue weighted by Crippen LogP contribution is 2.39. The number of ether oxygens (including phenoxy) is 1. The third-order valence-electron chi connectivity index (χ3n) is 4.47. The molecule has 0 aromatic heterocycles. The molecule has 0 fully saturated rings. The normalized spacial score (nSPS) is 17.3. The van der Waals surface area contributed by atoms with E-state index in [-0.39, 0.29) is 11.5 Å². The molecule has 4 rings (SSSR count). The molecule has 1 heterocycles. The van der Waals surface area contributed by atoms with Gasteiger partial charge in [-0.2, -0.15) is 0 Å². The molecule has 0 radical (unpaired) electrons. The van der Waals surface area contributed by atoms with Gasteiger partial charge in [-0.3, -0.25) is 14.9 Å². The van der Waals surface area contributed by atoms with Crippen molar-refractivity contribution < 1.29 is 14.5 Å². The molecule has 1 aliphatic rings. The number of fused-ring (bicyclic) bond motifs is 1. The van der Waals surface area contributed by atoms with Crippen molar-refractivity contribution >= 4 is 17.5 Å². The first-order chi connectivity index (χ1) is 13.1. The summed E-state index contributed by atoms with van der Waals surface area (Å²) >= 11 is 0. The summed E-state index contributed by atoms with van der Waals surface area (Å²) in [5.41, 5.74) is 1.95. The first kappa shape index (κ1) is 16.7.